The molecule has 0 rings (SSSR count). The van der Waals surface area contributed by atoms with Crippen LogP contribution in [0.15, 0.2) is 194 Å². The van der Waals surface area contributed by atoms with Crippen LogP contribution in [0.4, 0.5) is 0 Å². The second-order valence-corrected chi connectivity index (χ2v) is 18.1. The van der Waals surface area contributed by atoms with Gasteiger partial charge in [0.05, 0.1) is 0 Å². The molecule has 0 aromatic rings. The van der Waals surface area contributed by atoms with Crippen molar-refractivity contribution >= 4 is 17.9 Å². The van der Waals surface area contributed by atoms with Gasteiger partial charge in [0, 0.05) is 19.3 Å². The third-order valence-electron chi connectivity index (χ3n) is 11.1. The molecular weight excluding hydrogens is 925 g/mol. The molecule has 6 heteroatoms. The number of hydrogen-bond acceptors (Lipinski definition) is 6. The first kappa shape index (κ1) is 69.2. The van der Waals surface area contributed by atoms with Gasteiger partial charge >= 0.3 is 17.9 Å². The fourth-order valence-electron chi connectivity index (χ4n) is 6.83. The summed E-state index contributed by atoms with van der Waals surface area (Å²) in [5.74, 6) is -1.17. The van der Waals surface area contributed by atoms with Gasteiger partial charge in [0.2, 0.25) is 0 Å². The van der Waals surface area contributed by atoms with Crippen LogP contribution in [0.1, 0.15) is 201 Å². The van der Waals surface area contributed by atoms with Crippen molar-refractivity contribution in [1.29, 1.82) is 0 Å². The third kappa shape index (κ3) is 59.0. The molecule has 0 aliphatic heterocycles. The Labute approximate surface area is 458 Å². The Kier molecular flexibility index (Phi) is 56.1. The number of carbonyl (C=O) groups excluding carboxylic acids is 3. The highest BCUT2D eigenvalue weighted by atomic mass is 16.6. The number of hydrogen-bond donors (Lipinski definition) is 0. The molecule has 0 aromatic carbocycles. The molecular formula is C69H102O6. The predicted molar refractivity (Wildman–Crippen MR) is 324 cm³/mol. The molecule has 0 fully saturated rings. The molecule has 0 radical (unpaired) electrons. The van der Waals surface area contributed by atoms with Gasteiger partial charge in [-0.05, 0) is 141 Å². The zero-order valence-corrected chi connectivity index (χ0v) is 47.2. The lowest BCUT2D eigenvalue weighted by molar-refractivity contribution is -0.166. The summed E-state index contributed by atoms with van der Waals surface area (Å²) >= 11 is 0. The van der Waals surface area contributed by atoms with Crippen LogP contribution in [-0.4, -0.2) is 37.2 Å². The van der Waals surface area contributed by atoms with Crippen LogP contribution in [0.3, 0.4) is 0 Å². The molecule has 0 bridgehead atoms. The SMILES string of the molecule is CC/C=C\C/C=C\C/C=C\C/C=C\C/C=C\C/C=C\CCC(=O)OC[C@H](COC(=O)CCCCC/C=C\C/C=C\C/C=C\C/C=C\CCCCC)OC(=O)CC/C=C\C/C=C\C/C=C\C/C=C\C/C=C\C/C=C\CC. The summed E-state index contributed by atoms with van der Waals surface area (Å²) in [5, 5.41) is 0. The van der Waals surface area contributed by atoms with Gasteiger partial charge in [-0.25, -0.2) is 0 Å². The molecule has 0 spiro atoms. The van der Waals surface area contributed by atoms with Gasteiger partial charge in [0.1, 0.15) is 13.2 Å². The molecule has 0 heterocycles. The van der Waals surface area contributed by atoms with Gasteiger partial charge in [-0.15, -0.1) is 0 Å². The summed E-state index contributed by atoms with van der Waals surface area (Å²) in [6, 6.07) is 0. The van der Waals surface area contributed by atoms with Crippen LogP contribution < -0.4 is 0 Å². The minimum atomic E-state index is -0.876. The Bertz CT molecular complexity index is 1850. The highest BCUT2D eigenvalue weighted by Crippen LogP contribution is 2.09. The molecule has 0 unspecified atom stereocenters. The fourth-order valence-corrected chi connectivity index (χ4v) is 6.83. The lowest BCUT2D eigenvalue weighted by atomic mass is 10.1. The lowest BCUT2D eigenvalue weighted by Crippen LogP contribution is -2.30. The highest BCUT2D eigenvalue weighted by Gasteiger charge is 2.19. The largest absolute Gasteiger partial charge is 0.462 e. The minimum Gasteiger partial charge on any atom is -0.462 e. The first-order valence-corrected chi connectivity index (χ1v) is 28.9. The summed E-state index contributed by atoms with van der Waals surface area (Å²) in [6.45, 7) is 6.20. The molecule has 414 valence electrons. The average molecular weight is 1030 g/mol. The van der Waals surface area contributed by atoms with Crippen molar-refractivity contribution in [2.45, 2.75) is 207 Å². The average Bonchev–Trinajstić information content (AvgIpc) is 3.41. The summed E-state index contributed by atoms with van der Waals surface area (Å²) in [4.78, 5) is 38.1. The molecule has 0 aliphatic rings. The summed E-state index contributed by atoms with van der Waals surface area (Å²) in [5.41, 5.74) is 0. The van der Waals surface area contributed by atoms with Gasteiger partial charge in [-0.3, -0.25) is 14.4 Å². The predicted octanol–water partition coefficient (Wildman–Crippen LogP) is 19.9. The number of rotatable bonds is 49. The van der Waals surface area contributed by atoms with E-state index in [1.807, 2.05) is 24.3 Å². The molecule has 0 saturated heterocycles. The zero-order valence-electron chi connectivity index (χ0n) is 47.2. The van der Waals surface area contributed by atoms with E-state index in [1.165, 1.54) is 25.7 Å². The number of carbonyl (C=O) groups is 3. The molecule has 75 heavy (non-hydrogen) atoms. The van der Waals surface area contributed by atoms with Gasteiger partial charge < -0.3 is 14.2 Å². The molecule has 0 saturated carbocycles. The number of allylic oxidation sites excluding steroid dienone is 32. The van der Waals surface area contributed by atoms with E-state index in [9.17, 15) is 14.4 Å². The second kappa shape index (κ2) is 60.8. The zero-order chi connectivity index (χ0) is 54.3. The van der Waals surface area contributed by atoms with Crippen LogP contribution >= 0.6 is 0 Å². The van der Waals surface area contributed by atoms with Crippen LogP contribution in [0.5, 0.6) is 0 Å². The second-order valence-electron chi connectivity index (χ2n) is 18.1. The first-order valence-electron chi connectivity index (χ1n) is 28.9. The van der Waals surface area contributed by atoms with Crippen molar-refractivity contribution in [1.82, 2.24) is 0 Å². The molecule has 1 atom stereocenters. The van der Waals surface area contributed by atoms with Crippen LogP contribution in [0, 0.1) is 0 Å². The Morgan fingerprint density at radius 3 is 0.867 bits per heavy atom. The fraction of sp³-hybridized carbons (Fsp3) is 0.493. The van der Waals surface area contributed by atoms with Crippen molar-refractivity contribution in [2.24, 2.45) is 0 Å². The van der Waals surface area contributed by atoms with Gasteiger partial charge in [-0.2, -0.15) is 0 Å². The number of esters is 3. The first-order chi connectivity index (χ1) is 37.0. The molecule has 0 aliphatic carbocycles. The summed E-state index contributed by atoms with van der Waals surface area (Å²) < 4.78 is 16.7. The standard InChI is InChI=1S/C69H102O6/c1-4-7-10-13-16-19-22-25-28-31-34-37-40-43-46-49-52-55-58-61-67(70)73-64-66(75-69(72)63-60-57-54-51-48-45-42-39-36-33-30-27-24-21-18-15-12-9-6-3)65-74-68(71)62-59-56-53-50-47-44-41-38-35-32-29-26-23-20-17-14-11-8-5-2/h7,9-10,12,16-21,25-30,34-39,43-48,52,54-55,57,66H,4-6,8,11,13-15,22-24,31-33,40-42,49-51,53,56,58-65H2,1-3H3/b10-7-,12-9-,19-16-,20-17-,21-18-,28-25-,29-26-,30-27-,37-34-,38-35-,39-36-,46-43-,47-44-,48-45-,55-52-,57-54-/t66-/m1/s1. The van der Waals surface area contributed by atoms with E-state index in [2.05, 4.69) is 191 Å². The Balaban J connectivity index is 4.72. The van der Waals surface area contributed by atoms with E-state index in [-0.39, 0.29) is 38.4 Å². The van der Waals surface area contributed by atoms with Gasteiger partial charge in [-0.1, -0.05) is 234 Å². The van der Waals surface area contributed by atoms with Crippen molar-refractivity contribution in [3.8, 4) is 0 Å². The maximum absolute atomic E-state index is 12.8. The molecule has 6 nitrogen and oxygen atoms in total. The topological polar surface area (TPSA) is 78.9 Å². The Morgan fingerprint density at radius 1 is 0.280 bits per heavy atom. The van der Waals surface area contributed by atoms with Crippen molar-refractivity contribution < 1.29 is 28.6 Å². The van der Waals surface area contributed by atoms with Crippen LogP contribution in [0.25, 0.3) is 0 Å². The van der Waals surface area contributed by atoms with Crippen molar-refractivity contribution in [3.05, 3.63) is 194 Å². The van der Waals surface area contributed by atoms with E-state index in [1.54, 1.807) is 0 Å². The van der Waals surface area contributed by atoms with Gasteiger partial charge in [0.25, 0.3) is 0 Å². The highest BCUT2D eigenvalue weighted by molar-refractivity contribution is 5.71. The number of ether oxygens (including phenoxy) is 3. The van der Waals surface area contributed by atoms with Crippen LogP contribution in [-0.2, 0) is 28.6 Å². The summed E-state index contributed by atoms with van der Waals surface area (Å²) in [7, 11) is 0. The quantitative estimate of drug-likeness (QED) is 0.0261. The smallest absolute Gasteiger partial charge is 0.306 e. The normalized spacial score (nSPS) is 13.6. The monoisotopic (exact) mass is 1030 g/mol. The maximum atomic E-state index is 12.8. The van der Waals surface area contributed by atoms with E-state index in [4.69, 9.17) is 14.2 Å². The van der Waals surface area contributed by atoms with E-state index < -0.39 is 18.0 Å². The van der Waals surface area contributed by atoms with Crippen molar-refractivity contribution in [2.75, 3.05) is 13.2 Å². The van der Waals surface area contributed by atoms with Crippen LogP contribution in [0.2, 0.25) is 0 Å². The Hall–Kier alpha value is -5.75. The molecule has 0 amide bonds. The van der Waals surface area contributed by atoms with Gasteiger partial charge in [0.15, 0.2) is 6.10 Å². The summed E-state index contributed by atoms with van der Waals surface area (Å²) in [6.07, 6.45) is 93.0. The lowest BCUT2D eigenvalue weighted by Gasteiger charge is -2.18. The third-order valence-corrected chi connectivity index (χ3v) is 11.1. The minimum absolute atomic E-state index is 0.160. The number of unbranched alkanes of at least 4 members (excludes halogenated alkanes) is 6. The Morgan fingerprint density at radius 2 is 0.547 bits per heavy atom. The van der Waals surface area contributed by atoms with E-state index in [0.29, 0.717) is 19.3 Å². The van der Waals surface area contributed by atoms with Crippen molar-refractivity contribution in [3.63, 3.8) is 0 Å². The molecule has 0 N–H and O–H groups in total. The molecule has 0 aromatic heterocycles. The maximum Gasteiger partial charge on any atom is 0.306 e. The van der Waals surface area contributed by atoms with E-state index in [0.717, 1.165) is 116 Å². The van der Waals surface area contributed by atoms with E-state index >= 15 is 0 Å².